The van der Waals surface area contributed by atoms with E-state index in [0.717, 1.165) is 29.5 Å². The van der Waals surface area contributed by atoms with Gasteiger partial charge in [0.1, 0.15) is 5.84 Å². The molecule has 1 aliphatic rings. The van der Waals surface area contributed by atoms with Crippen LogP contribution in [0.2, 0.25) is 0 Å². The van der Waals surface area contributed by atoms with Crippen molar-refractivity contribution in [2.75, 3.05) is 18.0 Å². The molecule has 2 rings (SSSR count). The molecule has 1 fully saturated rings. The Labute approximate surface area is 109 Å². The van der Waals surface area contributed by atoms with Gasteiger partial charge in [0.2, 0.25) is 0 Å². The van der Waals surface area contributed by atoms with E-state index in [9.17, 15) is 5.11 Å². The molecule has 4 nitrogen and oxygen atoms in total. The van der Waals surface area contributed by atoms with Crippen molar-refractivity contribution < 1.29 is 5.11 Å². The van der Waals surface area contributed by atoms with E-state index in [0.29, 0.717) is 12.1 Å². The van der Waals surface area contributed by atoms with Crippen LogP contribution in [0.25, 0.3) is 0 Å². The summed E-state index contributed by atoms with van der Waals surface area (Å²) in [6.07, 6.45) is 1.63. The number of halogens is 1. The van der Waals surface area contributed by atoms with Gasteiger partial charge < -0.3 is 15.7 Å². The standard InChI is InChI=1S/C12H16BrN3O/c13-10-6-8(12(14)15)3-4-11(10)16-5-1-2-9(17)7-16/h3-4,6,9,17H,1-2,5,7H2,(H3,14,15). The minimum atomic E-state index is -0.247. The molecule has 0 spiro atoms. The van der Waals surface area contributed by atoms with Gasteiger partial charge in [0.15, 0.2) is 0 Å². The van der Waals surface area contributed by atoms with Gasteiger partial charge in [-0.1, -0.05) is 0 Å². The predicted molar refractivity (Wildman–Crippen MR) is 72.6 cm³/mol. The Hall–Kier alpha value is -1.07. The lowest BCUT2D eigenvalue weighted by Crippen LogP contribution is -2.38. The average molecular weight is 298 g/mol. The Balaban J connectivity index is 2.23. The van der Waals surface area contributed by atoms with E-state index in [1.54, 1.807) is 0 Å². The Morgan fingerprint density at radius 1 is 1.53 bits per heavy atom. The van der Waals surface area contributed by atoms with Gasteiger partial charge >= 0.3 is 0 Å². The highest BCUT2D eigenvalue weighted by Gasteiger charge is 2.19. The van der Waals surface area contributed by atoms with Gasteiger partial charge in [-0.25, -0.2) is 0 Å². The normalized spacial score (nSPS) is 20.4. The smallest absolute Gasteiger partial charge is 0.122 e. The second kappa shape index (κ2) is 5.06. The largest absolute Gasteiger partial charge is 0.391 e. The number of anilines is 1. The first kappa shape index (κ1) is 12.4. The Morgan fingerprint density at radius 3 is 2.88 bits per heavy atom. The zero-order chi connectivity index (χ0) is 12.4. The molecule has 1 atom stereocenters. The van der Waals surface area contributed by atoms with Crippen LogP contribution in [0.3, 0.4) is 0 Å². The summed E-state index contributed by atoms with van der Waals surface area (Å²) in [7, 11) is 0. The molecule has 1 heterocycles. The van der Waals surface area contributed by atoms with Crippen LogP contribution < -0.4 is 10.6 Å². The van der Waals surface area contributed by atoms with Gasteiger partial charge in [0.05, 0.1) is 11.8 Å². The van der Waals surface area contributed by atoms with Crippen molar-refractivity contribution in [3.63, 3.8) is 0 Å². The maximum atomic E-state index is 9.66. The number of rotatable bonds is 2. The summed E-state index contributed by atoms with van der Waals surface area (Å²) in [6, 6.07) is 5.63. The van der Waals surface area contributed by atoms with E-state index in [2.05, 4.69) is 20.8 Å². The van der Waals surface area contributed by atoms with Gasteiger partial charge in [-0.2, -0.15) is 0 Å². The SMILES string of the molecule is N=C(N)c1ccc(N2CCCC(O)C2)c(Br)c1. The quantitative estimate of drug-likeness (QED) is 0.574. The molecule has 0 aromatic heterocycles. The molecule has 92 valence electrons. The highest BCUT2D eigenvalue weighted by atomic mass is 79.9. The minimum Gasteiger partial charge on any atom is -0.391 e. The third kappa shape index (κ3) is 2.79. The molecule has 4 N–H and O–H groups in total. The number of amidine groups is 1. The number of aliphatic hydroxyl groups is 1. The first-order valence-electron chi connectivity index (χ1n) is 5.65. The Morgan fingerprint density at radius 2 is 2.29 bits per heavy atom. The fourth-order valence-corrected chi connectivity index (χ4v) is 2.73. The number of hydrogen-bond acceptors (Lipinski definition) is 3. The summed E-state index contributed by atoms with van der Waals surface area (Å²) in [5, 5.41) is 17.0. The number of aliphatic hydroxyl groups excluding tert-OH is 1. The zero-order valence-corrected chi connectivity index (χ0v) is 11.1. The fourth-order valence-electron chi connectivity index (χ4n) is 2.10. The summed E-state index contributed by atoms with van der Waals surface area (Å²) in [5.41, 5.74) is 7.20. The number of nitrogens with two attached hydrogens (primary N) is 1. The monoisotopic (exact) mass is 297 g/mol. The van der Waals surface area contributed by atoms with Crippen molar-refractivity contribution >= 4 is 27.5 Å². The second-order valence-corrected chi connectivity index (χ2v) is 5.18. The molecule has 1 aliphatic heterocycles. The minimum absolute atomic E-state index is 0.0657. The van der Waals surface area contributed by atoms with E-state index in [4.69, 9.17) is 11.1 Å². The van der Waals surface area contributed by atoms with E-state index < -0.39 is 0 Å². The van der Waals surface area contributed by atoms with Crippen LogP contribution >= 0.6 is 15.9 Å². The number of piperidine rings is 1. The molecule has 1 saturated heterocycles. The van der Waals surface area contributed by atoms with Crippen LogP contribution in [0.15, 0.2) is 22.7 Å². The molecule has 17 heavy (non-hydrogen) atoms. The molecule has 1 unspecified atom stereocenters. The third-order valence-corrected chi connectivity index (χ3v) is 3.63. The first-order chi connectivity index (χ1) is 8.08. The number of nitrogens with zero attached hydrogens (tertiary/aromatic N) is 1. The fraction of sp³-hybridized carbons (Fsp3) is 0.417. The maximum absolute atomic E-state index is 9.66. The molecule has 0 aliphatic carbocycles. The molecule has 0 radical (unpaired) electrons. The summed E-state index contributed by atoms with van der Waals surface area (Å²) >= 11 is 3.50. The van der Waals surface area contributed by atoms with E-state index in [-0.39, 0.29) is 11.9 Å². The molecule has 0 bridgehead atoms. The van der Waals surface area contributed by atoms with Crippen LogP contribution in [0.1, 0.15) is 18.4 Å². The van der Waals surface area contributed by atoms with Crippen molar-refractivity contribution in [1.29, 1.82) is 5.41 Å². The van der Waals surface area contributed by atoms with E-state index in [1.165, 1.54) is 0 Å². The van der Waals surface area contributed by atoms with Crippen LogP contribution in [-0.4, -0.2) is 30.1 Å². The van der Waals surface area contributed by atoms with Crippen molar-refractivity contribution in [2.24, 2.45) is 5.73 Å². The molecule has 0 amide bonds. The topological polar surface area (TPSA) is 73.3 Å². The van der Waals surface area contributed by atoms with Crippen molar-refractivity contribution in [3.8, 4) is 0 Å². The number of nitrogen functional groups attached to an aromatic ring is 1. The second-order valence-electron chi connectivity index (χ2n) is 4.32. The number of nitrogens with one attached hydrogen (secondary N) is 1. The van der Waals surface area contributed by atoms with E-state index >= 15 is 0 Å². The van der Waals surface area contributed by atoms with E-state index in [1.807, 2.05) is 18.2 Å². The molecule has 1 aromatic rings. The lowest BCUT2D eigenvalue weighted by molar-refractivity contribution is 0.154. The van der Waals surface area contributed by atoms with Gasteiger partial charge in [-0.3, -0.25) is 5.41 Å². The summed E-state index contributed by atoms with van der Waals surface area (Å²) < 4.78 is 0.916. The lowest BCUT2D eigenvalue weighted by atomic mass is 10.1. The van der Waals surface area contributed by atoms with Crippen molar-refractivity contribution in [3.05, 3.63) is 28.2 Å². The number of hydrogen-bond donors (Lipinski definition) is 3. The maximum Gasteiger partial charge on any atom is 0.122 e. The molecule has 0 saturated carbocycles. The lowest BCUT2D eigenvalue weighted by Gasteiger charge is -2.32. The van der Waals surface area contributed by atoms with Crippen molar-refractivity contribution in [2.45, 2.75) is 18.9 Å². The first-order valence-corrected chi connectivity index (χ1v) is 6.44. The summed E-state index contributed by atoms with van der Waals surface area (Å²) in [4.78, 5) is 2.15. The summed E-state index contributed by atoms with van der Waals surface area (Å²) in [5.74, 6) is 0.0657. The Kier molecular flexibility index (Phi) is 3.69. The van der Waals surface area contributed by atoms with Gasteiger partial charge in [0, 0.05) is 23.1 Å². The number of benzene rings is 1. The molecule has 5 heteroatoms. The van der Waals surface area contributed by atoms with Gasteiger partial charge in [0.25, 0.3) is 0 Å². The van der Waals surface area contributed by atoms with Crippen LogP contribution in [-0.2, 0) is 0 Å². The van der Waals surface area contributed by atoms with Crippen LogP contribution in [0.4, 0.5) is 5.69 Å². The highest BCUT2D eigenvalue weighted by Crippen LogP contribution is 2.29. The van der Waals surface area contributed by atoms with Crippen LogP contribution in [0.5, 0.6) is 0 Å². The number of β-amino-alcohol motifs (C(OH)–C–C–N with tert-alkyl or cyclic N) is 1. The highest BCUT2D eigenvalue weighted by molar-refractivity contribution is 9.10. The van der Waals surface area contributed by atoms with Crippen molar-refractivity contribution in [1.82, 2.24) is 0 Å². The average Bonchev–Trinajstić information content (AvgIpc) is 2.28. The molecular formula is C12H16BrN3O. The third-order valence-electron chi connectivity index (χ3n) is 3.00. The van der Waals surface area contributed by atoms with Gasteiger partial charge in [-0.15, -0.1) is 0 Å². The molecular weight excluding hydrogens is 282 g/mol. The summed E-state index contributed by atoms with van der Waals surface area (Å²) in [6.45, 7) is 1.62. The van der Waals surface area contributed by atoms with Gasteiger partial charge in [-0.05, 0) is 47.0 Å². The predicted octanol–water partition coefficient (Wildman–Crippen LogP) is 1.69. The Bertz CT molecular complexity index is 436. The zero-order valence-electron chi connectivity index (χ0n) is 9.49. The molecule has 1 aromatic carbocycles. The van der Waals surface area contributed by atoms with Crippen LogP contribution in [0, 0.1) is 5.41 Å².